The number of hydrogen-bond acceptors (Lipinski definition) is 7. The minimum Gasteiger partial charge on any atom is -0.465 e. The molecule has 0 radical (unpaired) electrons. The average molecular weight is 487 g/mol. The Labute approximate surface area is 202 Å². The first-order valence-electron chi connectivity index (χ1n) is 11.1. The number of piperidine rings is 1. The third-order valence-corrected chi connectivity index (χ3v) is 6.54. The first kappa shape index (κ1) is 25.3. The van der Waals surface area contributed by atoms with Crippen molar-refractivity contribution >= 4 is 46.4 Å². The van der Waals surface area contributed by atoms with Crippen LogP contribution < -0.4 is 16.0 Å². The highest BCUT2D eigenvalue weighted by Crippen LogP contribution is 2.28. The molecule has 1 aliphatic rings. The fraction of sp³-hybridized carbons (Fsp3) is 0.435. The summed E-state index contributed by atoms with van der Waals surface area (Å²) >= 11 is 1.49. The summed E-state index contributed by atoms with van der Waals surface area (Å²) in [5.41, 5.74) is 2.70. The normalized spacial score (nSPS) is 16.4. The van der Waals surface area contributed by atoms with Crippen LogP contribution in [0.3, 0.4) is 0 Å². The smallest absolute Gasteiger partial charge is 0.409 e. The van der Waals surface area contributed by atoms with E-state index in [1.165, 1.54) is 18.3 Å². The van der Waals surface area contributed by atoms with Crippen LogP contribution in [0.15, 0.2) is 29.3 Å². The van der Waals surface area contributed by atoms with Crippen LogP contribution in [0, 0.1) is 5.92 Å². The zero-order valence-corrected chi connectivity index (χ0v) is 20.2. The highest BCUT2D eigenvalue weighted by molar-refractivity contribution is 7.15. The van der Waals surface area contributed by atoms with Crippen LogP contribution in [0.1, 0.15) is 35.9 Å². The Bertz CT molecular complexity index is 1040. The molecule has 0 unspecified atom stereocenters. The van der Waals surface area contributed by atoms with Gasteiger partial charge in [0.15, 0.2) is 5.13 Å². The number of rotatable bonds is 9. The van der Waals surface area contributed by atoms with Crippen LogP contribution in [0.4, 0.5) is 15.6 Å². The molecule has 1 aromatic carbocycles. The minimum atomic E-state index is -1.16. The molecule has 3 amide bonds. The van der Waals surface area contributed by atoms with Gasteiger partial charge in [0, 0.05) is 31.9 Å². The van der Waals surface area contributed by atoms with Crippen molar-refractivity contribution in [2.75, 3.05) is 25.5 Å². The largest absolute Gasteiger partial charge is 0.465 e. The van der Waals surface area contributed by atoms with Crippen LogP contribution in [-0.4, -0.2) is 59.4 Å². The first-order valence-corrected chi connectivity index (χ1v) is 12.0. The number of nitrogens with zero attached hydrogens (tertiary/aromatic N) is 3. The van der Waals surface area contributed by atoms with E-state index in [1.54, 1.807) is 7.05 Å². The molecule has 1 atom stereocenters. The van der Waals surface area contributed by atoms with E-state index in [9.17, 15) is 14.4 Å². The number of aliphatic imine (C=N–C) groups is 1. The Morgan fingerprint density at radius 1 is 1.26 bits per heavy atom. The monoisotopic (exact) mass is 486 g/mol. The fourth-order valence-electron chi connectivity index (χ4n) is 3.90. The van der Waals surface area contributed by atoms with Gasteiger partial charge in [-0.3, -0.25) is 19.8 Å². The molecule has 182 valence electrons. The molecule has 0 aliphatic carbocycles. The third kappa shape index (κ3) is 7.63. The van der Waals surface area contributed by atoms with Crippen molar-refractivity contribution in [3.8, 4) is 0 Å². The molecule has 11 heteroatoms. The Hall–Kier alpha value is -3.31. The van der Waals surface area contributed by atoms with E-state index < -0.39 is 6.09 Å². The van der Waals surface area contributed by atoms with E-state index in [2.05, 4.69) is 30.8 Å². The number of carboxylic acid groups (broad SMARTS) is 1. The molecule has 1 fully saturated rings. The van der Waals surface area contributed by atoms with E-state index in [4.69, 9.17) is 5.11 Å². The predicted octanol–water partition coefficient (Wildman–Crippen LogP) is 2.77. The van der Waals surface area contributed by atoms with Crippen LogP contribution >= 0.6 is 11.3 Å². The molecule has 1 aliphatic heterocycles. The van der Waals surface area contributed by atoms with Crippen LogP contribution in [0.2, 0.25) is 0 Å². The second-order valence-electron chi connectivity index (χ2n) is 8.13. The van der Waals surface area contributed by atoms with Crippen molar-refractivity contribution in [2.24, 2.45) is 10.9 Å². The number of anilines is 1. The molecule has 2 aromatic rings. The number of thiazole rings is 1. The van der Waals surface area contributed by atoms with Crippen molar-refractivity contribution < 1.29 is 19.5 Å². The number of aryl methyl sites for hydroxylation is 2. The lowest BCUT2D eigenvalue weighted by atomic mass is 9.97. The van der Waals surface area contributed by atoms with Crippen molar-refractivity contribution in [1.29, 1.82) is 0 Å². The zero-order valence-electron chi connectivity index (χ0n) is 19.3. The molecule has 0 saturated carbocycles. The summed E-state index contributed by atoms with van der Waals surface area (Å²) in [5.74, 6) is -0.0745. The number of aromatic nitrogens is 1. The maximum atomic E-state index is 12.1. The van der Waals surface area contributed by atoms with Gasteiger partial charge in [0.1, 0.15) is 0 Å². The molecule has 3 rings (SSSR count). The van der Waals surface area contributed by atoms with Crippen LogP contribution in [-0.2, 0) is 29.0 Å². The van der Waals surface area contributed by atoms with E-state index in [1.807, 2.05) is 24.3 Å². The summed E-state index contributed by atoms with van der Waals surface area (Å²) < 4.78 is 0. The number of carbonyl (C=O) groups excluding carboxylic acids is 2. The van der Waals surface area contributed by atoms with Crippen molar-refractivity contribution in [3.05, 3.63) is 40.4 Å². The molecule has 10 nitrogen and oxygen atoms in total. The number of likely N-dealkylation sites (tertiary alicyclic amines) is 1. The van der Waals surface area contributed by atoms with E-state index in [-0.39, 0.29) is 17.7 Å². The lowest BCUT2D eigenvalue weighted by Gasteiger charge is -2.31. The van der Waals surface area contributed by atoms with E-state index in [0.29, 0.717) is 30.3 Å². The Kier molecular flexibility index (Phi) is 9.11. The molecule has 1 saturated heterocycles. The van der Waals surface area contributed by atoms with E-state index in [0.717, 1.165) is 48.3 Å². The van der Waals surface area contributed by atoms with Gasteiger partial charge in [-0.15, -0.1) is 11.3 Å². The molecular weight excluding hydrogens is 456 g/mol. The number of hydrogen-bond donors (Lipinski definition) is 4. The van der Waals surface area contributed by atoms with Gasteiger partial charge in [0.05, 0.1) is 23.6 Å². The Morgan fingerprint density at radius 2 is 2.03 bits per heavy atom. The summed E-state index contributed by atoms with van der Waals surface area (Å²) in [5, 5.41) is 16.8. The lowest BCUT2D eigenvalue weighted by molar-refractivity contribution is -0.126. The Morgan fingerprint density at radius 3 is 2.71 bits per heavy atom. The van der Waals surface area contributed by atoms with Gasteiger partial charge in [-0.05, 0) is 49.9 Å². The van der Waals surface area contributed by atoms with Crippen LogP contribution in [0.5, 0.6) is 0 Å². The topological polar surface area (TPSA) is 136 Å². The number of benzene rings is 1. The van der Waals surface area contributed by atoms with Gasteiger partial charge < -0.3 is 15.7 Å². The molecule has 34 heavy (non-hydrogen) atoms. The number of nitrogens with one attached hydrogen (secondary N) is 3. The molecular formula is C23H30N6O4S. The maximum Gasteiger partial charge on any atom is 0.409 e. The van der Waals surface area contributed by atoms with Gasteiger partial charge in [0.25, 0.3) is 0 Å². The Balaban J connectivity index is 1.66. The molecule has 1 aromatic heterocycles. The number of amides is 3. The van der Waals surface area contributed by atoms with Crippen molar-refractivity contribution in [1.82, 2.24) is 20.5 Å². The average Bonchev–Trinajstić information content (AvgIpc) is 3.18. The summed E-state index contributed by atoms with van der Waals surface area (Å²) in [6.45, 7) is 3.81. The highest BCUT2D eigenvalue weighted by atomic mass is 32.1. The summed E-state index contributed by atoms with van der Waals surface area (Å²) in [7, 11) is 1.67. The SMILES string of the molecule is CNC(=O)[C@H]1CCCN(Cc2sc(NC(C)=O)nc2CCc2ccc(N=CNC(=O)O)cc2)C1. The molecule has 2 heterocycles. The van der Waals surface area contributed by atoms with Crippen molar-refractivity contribution in [3.63, 3.8) is 0 Å². The zero-order chi connectivity index (χ0) is 24.5. The molecule has 0 spiro atoms. The second-order valence-corrected chi connectivity index (χ2v) is 9.22. The summed E-state index contributed by atoms with van der Waals surface area (Å²) in [6.07, 6.45) is 3.32. The van der Waals surface area contributed by atoms with Gasteiger partial charge in [-0.25, -0.2) is 14.8 Å². The lowest BCUT2D eigenvalue weighted by Crippen LogP contribution is -2.41. The third-order valence-electron chi connectivity index (χ3n) is 5.54. The molecule has 0 bridgehead atoms. The van der Waals surface area contributed by atoms with Crippen LogP contribution in [0.25, 0.3) is 0 Å². The quantitative estimate of drug-likeness (QED) is 0.318. The maximum absolute atomic E-state index is 12.1. The predicted molar refractivity (Wildman–Crippen MR) is 132 cm³/mol. The fourth-order valence-corrected chi connectivity index (χ4v) is 5.00. The summed E-state index contributed by atoms with van der Waals surface area (Å²) in [4.78, 5) is 46.2. The highest BCUT2D eigenvalue weighted by Gasteiger charge is 2.26. The summed E-state index contributed by atoms with van der Waals surface area (Å²) in [6, 6.07) is 7.55. The van der Waals surface area contributed by atoms with Crippen molar-refractivity contribution in [2.45, 2.75) is 39.2 Å². The second kappa shape index (κ2) is 12.2. The van der Waals surface area contributed by atoms with Gasteiger partial charge in [-0.2, -0.15) is 0 Å². The van der Waals surface area contributed by atoms with Gasteiger partial charge in [0.2, 0.25) is 11.8 Å². The van der Waals surface area contributed by atoms with Gasteiger partial charge in [-0.1, -0.05) is 12.1 Å². The molecule has 4 N–H and O–H groups in total. The van der Waals surface area contributed by atoms with Gasteiger partial charge >= 0.3 is 6.09 Å². The first-order chi connectivity index (χ1) is 16.3. The number of carbonyl (C=O) groups is 3. The minimum absolute atomic E-state index is 0.00295. The van der Waals surface area contributed by atoms with E-state index >= 15 is 0 Å². The standard InChI is InChI=1S/C23H30N6O4S/c1-15(30)27-22-28-19(10-7-16-5-8-18(9-6-16)25-14-26-23(32)33)20(34-22)13-29-11-3-4-17(12-29)21(31)24-2/h5-6,8-9,14,17H,3-4,7,10-13H2,1-2H3,(H,24,31)(H,25,26)(H,32,33)(H,27,28,30)/t17-/m0/s1.